The second-order valence-corrected chi connectivity index (χ2v) is 9.61. The lowest BCUT2D eigenvalue weighted by Crippen LogP contribution is -2.25. The zero-order chi connectivity index (χ0) is 25.7. The first kappa shape index (κ1) is 25.6. The Morgan fingerprint density at radius 1 is 1.00 bits per heavy atom. The quantitative estimate of drug-likeness (QED) is 0.281. The van der Waals surface area contributed by atoms with Crippen LogP contribution in [-0.2, 0) is 12.3 Å². The predicted octanol–water partition coefficient (Wildman–Crippen LogP) is 5.78. The summed E-state index contributed by atoms with van der Waals surface area (Å²) in [5.74, 6) is 2.11. The monoisotopic (exact) mass is 522 g/mol. The van der Waals surface area contributed by atoms with Gasteiger partial charge in [-0.3, -0.25) is 9.36 Å². The van der Waals surface area contributed by atoms with Gasteiger partial charge in [-0.2, -0.15) is 0 Å². The molecule has 0 aliphatic rings. The highest BCUT2D eigenvalue weighted by molar-refractivity contribution is 7.98. The van der Waals surface area contributed by atoms with Crippen molar-refractivity contribution in [1.82, 2.24) is 20.1 Å². The highest BCUT2D eigenvalue weighted by Crippen LogP contribution is 2.29. The molecule has 7 nitrogen and oxygen atoms in total. The van der Waals surface area contributed by atoms with Crippen LogP contribution in [0.3, 0.4) is 0 Å². The minimum Gasteiger partial charge on any atom is -0.497 e. The summed E-state index contributed by atoms with van der Waals surface area (Å²) in [4.78, 5) is 13.0. The fraction of sp³-hybridized carbons (Fsp3) is 0.222. The molecule has 0 saturated carbocycles. The summed E-state index contributed by atoms with van der Waals surface area (Å²) >= 11 is 7.92. The first-order valence-electron chi connectivity index (χ1n) is 11.3. The number of aryl methyl sites for hydroxylation is 2. The molecule has 36 heavy (non-hydrogen) atoms. The fourth-order valence-corrected chi connectivity index (χ4v) is 4.80. The SMILES string of the molecule is COc1cc(OC)cc(C(=O)NCc2nnc(SCc3cccc(C)c3)n2-c2cc(Cl)ccc2C)c1. The number of hydrogen-bond acceptors (Lipinski definition) is 6. The van der Waals surface area contributed by atoms with E-state index in [4.69, 9.17) is 21.1 Å². The number of rotatable bonds is 9. The van der Waals surface area contributed by atoms with Crippen molar-refractivity contribution in [3.05, 3.63) is 93.8 Å². The first-order chi connectivity index (χ1) is 17.4. The van der Waals surface area contributed by atoms with Crippen LogP contribution in [0.15, 0.2) is 65.8 Å². The lowest BCUT2D eigenvalue weighted by molar-refractivity contribution is 0.0949. The maximum Gasteiger partial charge on any atom is 0.251 e. The fourth-order valence-electron chi connectivity index (χ4n) is 3.72. The van der Waals surface area contributed by atoms with Crippen LogP contribution in [0.2, 0.25) is 5.02 Å². The van der Waals surface area contributed by atoms with Crippen molar-refractivity contribution in [1.29, 1.82) is 0 Å². The van der Waals surface area contributed by atoms with Gasteiger partial charge in [0.1, 0.15) is 11.5 Å². The molecular weight excluding hydrogens is 496 g/mol. The van der Waals surface area contributed by atoms with E-state index in [2.05, 4.69) is 40.6 Å². The number of benzene rings is 3. The Morgan fingerprint density at radius 2 is 1.75 bits per heavy atom. The van der Waals surface area contributed by atoms with Gasteiger partial charge < -0.3 is 14.8 Å². The Balaban J connectivity index is 1.62. The summed E-state index contributed by atoms with van der Waals surface area (Å²) in [5.41, 5.74) is 4.70. The van der Waals surface area contributed by atoms with Crippen LogP contribution in [0, 0.1) is 13.8 Å². The number of nitrogens with one attached hydrogen (secondary N) is 1. The minimum absolute atomic E-state index is 0.169. The molecule has 0 fully saturated rings. The van der Waals surface area contributed by atoms with Crippen LogP contribution in [0.1, 0.15) is 32.9 Å². The van der Waals surface area contributed by atoms with Crippen molar-refractivity contribution in [2.45, 2.75) is 31.3 Å². The average molecular weight is 523 g/mol. The highest BCUT2D eigenvalue weighted by Gasteiger charge is 2.18. The number of ether oxygens (including phenoxy) is 2. The van der Waals surface area contributed by atoms with E-state index in [9.17, 15) is 4.79 Å². The maximum absolute atomic E-state index is 13.0. The third-order valence-electron chi connectivity index (χ3n) is 5.58. The van der Waals surface area contributed by atoms with Crippen molar-refractivity contribution in [3.63, 3.8) is 0 Å². The number of halogens is 1. The molecule has 0 aliphatic heterocycles. The molecular formula is C27H27ClN4O3S. The molecule has 4 rings (SSSR count). The lowest BCUT2D eigenvalue weighted by Gasteiger charge is -2.14. The molecule has 186 valence electrons. The predicted molar refractivity (Wildman–Crippen MR) is 143 cm³/mol. The molecule has 0 radical (unpaired) electrons. The first-order valence-corrected chi connectivity index (χ1v) is 12.6. The maximum atomic E-state index is 13.0. The van der Waals surface area contributed by atoms with Gasteiger partial charge in [-0.15, -0.1) is 10.2 Å². The van der Waals surface area contributed by atoms with Gasteiger partial charge in [0.25, 0.3) is 5.91 Å². The number of aromatic nitrogens is 3. The summed E-state index contributed by atoms with van der Waals surface area (Å²) in [6.45, 7) is 4.25. The molecule has 0 spiro atoms. The summed E-state index contributed by atoms with van der Waals surface area (Å²) in [7, 11) is 3.09. The number of thioether (sulfide) groups is 1. The number of hydrogen-bond donors (Lipinski definition) is 1. The molecule has 0 aliphatic carbocycles. The second-order valence-electron chi connectivity index (χ2n) is 8.23. The molecule has 1 heterocycles. The standard InChI is InChI=1S/C27H27ClN4O3S/c1-17-6-5-7-19(10-17)16-36-27-31-30-25(32(27)24-13-21(28)9-8-18(24)2)15-29-26(33)20-11-22(34-3)14-23(12-20)35-4/h5-14H,15-16H2,1-4H3,(H,29,33). The Morgan fingerprint density at radius 3 is 2.44 bits per heavy atom. The summed E-state index contributed by atoms with van der Waals surface area (Å²) in [6, 6.07) is 19.1. The summed E-state index contributed by atoms with van der Waals surface area (Å²) in [6.07, 6.45) is 0. The third-order valence-corrected chi connectivity index (χ3v) is 6.82. The number of carbonyl (C=O) groups is 1. The molecule has 4 aromatic rings. The van der Waals surface area contributed by atoms with Gasteiger partial charge >= 0.3 is 0 Å². The van der Waals surface area contributed by atoms with Crippen LogP contribution in [0.5, 0.6) is 11.5 Å². The zero-order valence-corrected chi connectivity index (χ0v) is 22.1. The third kappa shape index (κ3) is 6.01. The van der Waals surface area contributed by atoms with Crippen LogP contribution in [0.25, 0.3) is 5.69 Å². The van der Waals surface area contributed by atoms with E-state index in [1.807, 2.05) is 35.8 Å². The van der Waals surface area contributed by atoms with Crippen LogP contribution >= 0.6 is 23.4 Å². The number of nitrogens with zero attached hydrogens (tertiary/aromatic N) is 3. The molecule has 0 unspecified atom stereocenters. The Kier molecular flexibility index (Phi) is 8.18. The molecule has 3 aromatic carbocycles. The van der Waals surface area contributed by atoms with Crippen LogP contribution < -0.4 is 14.8 Å². The van der Waals surface area contributed by atoms with Gasteiger partial charge in [0.2, 0.25) is 0 Å². The Hall–Kier alpha value is -3.49. The van der Waals surface area contributed by atoms with Gasteiger partial charge in [-0.25, -0.2) is 0 Å². The number of methoxy groups -OCH3 is 2. The summed E-state index contributed by atoms with van der Waals surface area (Å²) in [5, 5.41) is 13.1. The van der Waals surface area contributed by atoms with E-state index in [-0.39, 0.29) is 12.5 Å². The van der Waals surface area contributed by atoms with E-state index in [0.717, 1.165) is 17.0 Å². The summed E-state index contributed by atoms with van der Waals surface area (Å²) < 4.78 is 12.5. The molecule has 0 atom stereocenters. The number of carbonyl (C=O) groups excluding carboxylic acids is 1. The molecule has 1 amide bonds. The van der Waals surface area contributed by atoms with Gasteiger partial charge in [-0.05, 0) is 49.2 Å². The lowest BCUT2D eigenvalue weighted by atomic mass is 10.2. The van der Waals surface area contributed by atoms with Crippen molar-refractivity contribution >= 4 is 29.3 Å². The molecule has 0 bridgehead atoms. The van der Waals surface area contributed by atoms with E-state index in [1.165, 1.54) is 11.1 Å². The second kappa shape index (κ2) is 11.5. The zero-order valence-electron chi connectivity index (χ0n) is 20.5. The molecule has 9 heteroatoms. The van der Waals surface area contributed by atoms with Crippen molar-refractivity contribution in [2.24, 2.45) is 0 Å². The van der Waals surface area contributed by atoms with Gasteiger partial charge in [0.15, 0.2) is 11.0 Å². The van der Waals surface area contributed by atoms with Crippen molar-refractivity contribution < 1.29 is 14.3 Å². The average Bonchev–Trinajstić information content (AvgIpc) is 3.29. The molecule has 0 saturated heterocycles. The van der Waals surface area contributed by atoms with Crippen molar-refractivity contribution in [2.75, 3.05) is 14.2 Å². The van der Waals surface area contributed by atoms with E-state index >= 15 is 0 Å². The van der Waals surface area contributed by atoms with E-state index in [1.54, 1.807) is 44.2 Å². The minimum atomic E-state index is -0.279. The normalized spacial score (nSPS) is 10.8. The largest absolute Gasteiger partial charge is 0.497 e. The van der Waals surface area contributed by atoms with Crippen LogP contribution in [-0.4, -0.2) is 34.9 Å². The Bertz CT molecular complexity index is 1370. The number of amides is 1. The van der Waals surface area contributed by atoms with Gasteiger partial charge in [-0.1, -0.05) is 59.3 Å². The highest BCUT2D eigenvalue weighted by atomic mass is 35.5. The molecule has 1 aromatic heterocycles. The van der Waals surface area contributed by atoms with E-state index in [0.29, 0.717) is 33.1 Å². The Labute approximate surface area is 219 Å². The van der Waals surface area contributed by atoms with Crippen LogP contribution in [0.4, 0.5) is 0 Å². The van der Waals surface area contributed by atoms with Gasteiger partial charge in [0.05, 0.1) is 26.5 Å². The van der Waals surface area contributed by atoms with Gasteiger partial charge in [0, 0.05) is 22.4 Å². The topological polar surface area (TPSA) is 78.3 Å². The smallest absolute Gasteiger partial charge is 0.251 e. The van der Waals surface area contributed by atoms with E-state index < -0.39 is 0 Å². The van der Waals surface area contributed by atoms with Crippen molar-refractivity contribution in [3.8, 4) is 17.2 Å². The molecule has 1 N–H and O–H groups in total.